The van der Waals surface area contributed by atoms with E-state index in [1.54, 1.807) is 59.7 Å². The highest BCUT2D eigenvalue weighted by atomic mass is 79.9. The van der Waals surface area contributed by atoms with Crippen molar-refractivity contribution in [3.8, 4) is 0 Å². The molecule has 1 aliphatic rings. The van der Waals surface area contributed by atoms with Gasteiger partial charge in [-0.05, 0) is 68.7 Å². The highest BCUT2D eigenvalue weighted by Gasteiger charge is 2.58. The average molecular weight is 547 g/mol. The second-order valence-corrected chi connectivity index (χ2v) is 11.9. The Labute approximate surface area is 203 Å². The maximum absolute atomic E-state index is 13.4. The number of hydrogen-bond donors (Lipinski definition) is 0. The molecule has 9 nitrogen and oxygen atoms in total. The molecule has 11 heteroatoms. The molecular formula is C22H31BrN2O7S. The Morgan fingerprint density at radius 2 is 1.64 bits per heavy atom. The van der Waals surface area contributed by atoms with Crippen molar-refractivity contribution in [2.24, 2.45) is 9.78 Å². The van der Waals surface area contributed by atoms with Crippen molar-refractivity contribution in [2.45, 2.75) is 52.0 Å². The van der Waals surface area contributed by atoms with E-state index in [9.17, 15) is 18.6 Å². The predicted molar refractivity (Wildman–Crippen MR) is 128 cm³/mol. The molecule has 1 aliphatic heterocycles. The monoisotopic (exact) mass is 546 g/mol. The Kier molecular flexibility index (Phi) is 8.56. The van der Waals surface area contributed by atoms with E-state index in [4.69, 9.17) is 14.2 Å². The minimum atomic E-state index is -3.04. The van der Waals surface area contributed by atoms with Gasteiger partial charge in [-0.3, -0.25) is 9.59 Å². The smallest absolute Gasteiger partial charge is 0.442 e. The van der Waals surface area contributed by atoms with Crippen LogP contribution in [0.25, 0.3) is 0 Å². The summed E-state index contributed by atoms with van der Waals surface area (Å²) >= 11 is 3.47. The van der Waals surface area contributed by atoms with Gasteiger partial charge in [-0.15, -0.1) is 4.36 Å². The van der Waals surface area contributed by atoms with E-state index in [1.165, 1.54) is 0 Å². The molecule has 1 atom stereocenters. The Morgan fingerprint density at radius 3 is 2.06 bits per heavy atom. The largest absolute Gasteiger partial charge is 0.465 e. The molecule has 0 aromatic heterocycles. The molecule has 184 valence electrons. The van der Waals surface area contributed by atoms with E-state index in [2.05, 4.69) is 20.3 Å². The third-order valence-corrected chi connectivity index (χ3v) is 7.74. The summed E-state index contributed by atoms with van der Waals surface area (Å²) in [5, 5.41) is 0. The van der Waals surface area contributed by atoms with Crippen molar-refractivity contribution >= 4 is 49.4 Å². The molecule has 0 aliphatic carbocycles. The van der Waals surface area contributed by atoms with Crippen LogP contribution in [0.15, 0.2) is 31.9 Å². The van der Waals surface area contributed by atoms with Gasteiger partial charge in [-0.1, -0.05) is 6.92 Å². The lowest BCUT2D eigenvalue weighted by atomic mass is 9.79. The number of anilines is 1. The summed E-state index contributed by atoms with van der Waals surface area (Å²) in [6.45, 7) is 10.7. The lowest BCUT2D eigenvalue weighted by Gasteiger charge is -2.47. The van der Waals surface area contributed by atoms with Crippen LogP contribution >= 0.6 is 15.9 Å². The fourth-order valence-electron chi connectivity index (χ4n) is 3.28. The molecule has 1 unspecified atom stereocenters. The molecule has 2 rings (SSSR count). The number of esters is 2. The predicted octanol–water partition coefficient (Wildman–Crippen LogP) is 4.16. The fraction of sp³-hybridized carbons (Fsp3) is 0.591. The molecule has 0 N–H and O–H groups in total. The molecule has 1 aromatic rings. The zero-order valence-corrected chi connectivity index (χ0v) is 22.2. The summed E-state index contributed by atoms with van der Waals surface area (Å²) in [5.74, 6) is -1.11. The van der Waals surface area contributed by atoms with E-state index >= 15 is 0 Å². The second-order valence-electron chi connectivity index (χ2n) is 8.49. The highest BCUT2D eigenvalue weighted by molar-refractivity contribution is 9.10. The number of halogens is 1. The number of hydrogen-bond acceptors (Lipinski definition) is 8. The normalized spacial score (nSPS) is 16.8. The van der Waals surface area contributed by atoms with E-state index in [0.29, 0.717) is 15.1 Å². The molecule has 1 fully saturated rings. The Balaban J connectivity index is 2.31. The van der Waals surface area contributed by atoms with Crippen molar-refractivity contribution < 1.29 is 32.8 Å². The number of carbonyl (C=O) groups excluding carboxylic acids is 3. The molecule has 33 heavy (non-hydrogen) atoms. The van der Waals surface area contributed by atoms with Crippen LogP contribution in [0.2, 0.25) is 0 Å². The maximum Gasteiger partial charge on any atom is 0.442 e. The van der Waals surface area contributed by atoms with Gasteiger partial charge in [-0.2, -0.15) is 0 Å². The van der Waals surface area contributed by atoms with Crippen LogP contribution in [-0.4, -0.2) is 59.9 Å². The van der Waals surface area contributed by atoms with Crippen LogP contribution in [0.4, 0.5) is 10.5 Å². The molecule has 1 aromatic carbocycles. The van der Waals surface area contributed by atoms with Crippen molar-refractivity contribution in [3.63, 3.8) is 0 Å². The highest BCUT2D eigenvalue weighted by Crippen LogP contribution is 2.41. The van der Waals surface area contributed by atoms with Crippen LogP contribution < -0.4 is 4.90 Å². The number of amides is 1. The Bertz CT molecular complexity index is 1020. The minimum absolute atomic E-state index is 0.0913. The van der Waals surface area contributed by atoms with Gasteiger partial charge >= 0.3 is 18.0 Å². The maximum atomic E-state index is 13.4. The molecular weight excluding hydrogens is 516 g/mol. The standard InChI is InChI=1S/C22H31BrN2O7S/c1-7-30-18(26)22(19(27)31-8-2)13-25(14-22)17-11-10-15(12-16(17)23)33(29,9-3)24-20(28)32-21(4,5)6/h10-12H,7-9,13-14H2,1-6H3. The molecule has 0 bridgehead atoms. The number of nitrogens with zero attached hydrogens (tertiary/aromatic N) is 2. The zero-order valence-electron chi connectivity index (χ0n) is 19.8. The van der Waals surface area contributed by atoms with Gasteiger partial charge in [0.25, 0.3) is 0 Å². The van der Waals surface area contributed by atoms with Gasteiger partial charge in [0.2, 0.25) is 0 Å². The van der Waals surface area contributed by atoms with E-state index in [-0.39, 0.29) is 32.1 Å². The van der Waals surface area contributed by atoms with Gasteiger partial charge in [0.05, 0.1) is 28.6 Å². The molecule has 1 heterocycles. The second kappa shape index (κ2) is 10.4. The molecule has 0 saturated carbocycles. The van der Waals surface area contributed by atoms with E-state index in [0.717, 1.165) is 0 Å². The summed E-state index contributed by atoms with van der Waals surface area (Å²) in [7, 11) is -3.04. The topological polar surface area (TPSA) is 112 Å². The van der Waals surface area contributed by atoms with Crippen LogP contribution in [-0.2, 0) is 33.5 Å². The first-order valence-corrected chi connectivity index (χ1v) is 13.2. The van der Waals surface area contributed by atoms with Crippen LogP contribution in [0, 0.1) is 5.41 Å². The van der Waals surface area contributed by atoms with Gasteiger partial charge in [-0.25, -0.2) is 9.00 Å². The number of rotatable bonds is 7. The molecule has 1 saturated heterocycles. The van der Waals surface area contributed by atoms with Crippen molar-refractivity contribution in [3.05, 3.63) is 22.7 Å². The first kappa shape index (κ1) is 27.1. The summed E-state index contributed by atoms with van der Waals surface area (Å²) in [5.41, 5.74) is -1.44. The number of benzene rings is 1. The van der Waals surface area contributed by atoms with Crippen molar-refractivity contribution in [1.29, 1.82) is 0 Å². The first-order valence-electron chi connectivity index (χ1n) is 10.7. The Morgan fingerprint density at radius 1 is 1.09 bits per heavy atom. The quantitative estimate of drug-likeness (QED) is 0.284. The third kappa shape index (κ3) is 6.06. The van der Waals surface area contributed by atoms with E-state index < -0.39 is 38.8 Å². The fourth-order valence-corrected chi connectivity index (χ4v) is 5.49. The minimum Gasteiger partial charge on any atom is -0.465 e. The van der Waals surface area contributed by atoms with Crippen LogP contribution in [0.3, 0.4) is 0 Å². The van der Waals surface area contributed by atoms with Crippen LogP contribution in [0.5, 0.6) is 0 Å². The van der Waals surface area contributed by atoms with Crippen molar-refractivity contribution in [1.82, 2.24) is 0 Å². The number of carbonyl (C=O) groups is 3. The summed E-state index contributed by atoms with van der Waals surface area (Å²) < 4.78 is 33.2. The van der Waals surface area contributed by atoms with E-state index in [1.807, 2.05) is 4.90 Å². The lowest BCUT2D eigenvalue weighted by molar-refractivity contribution is -0.174. The molecule has 0 spiro atoms. The Hall–Kier alpha value is -2.14. The molecule has 1 amide bonds. The zero-order chi connectivity index (χ0) is 25.0. The SMILES string of the molecule is CCOC(=O)C1(C(=O)OCC)CN(c2ccc(S(=O)(CC)=NC(=O)OC(C)(C)C)cc2Br)C1. The third-order valence-electron chi connectivity index (χ3n) is 4.89. The summed E-state index contributed by atoms with van der Waals surface area (Å²) in [6, 6.07) is 4.96. The van der Waals surface area contributed by atoms with Gasteiger partial charge < -0.3 is 19.1 Å². The van der Waals surface area contributed by atoms with Crippen molar-refractivity contribution in [2.75, 3.05) is 37.0 Å². The molecule has 0 radical (unpaired) electrons. The summed E-state index contributed by atoms with van der Waals surface area (Å²) in [6.07, 6.45) is -0.883. The lowest BCUT2D eigenvalue weighted by Crippen LogP contribution is -2.65. The van der Waals surface area contributed by atoms with Gasteiger partial charge in [0.1, 0.15) is 5.60 Å². The van der Waals surface area contributed by atoms with Gasteiger partial charge in [0.15, 0.2) is 5.41 Å². The van der Waals surface area contributed by atoms with Gasteiger partial charge in [0, 0.05) is 28.2 Å². The summed E-state index contributed by atoms with van der Waals surface area (Å²) in [4.78, 5) is 39.3. The first-order chi connectivity index (χ1) is 15.3. The number of ether oxygens (including phenoxy) is 3. The average Bonchev–Trinajstić information content (AvgIpc) is 2.67. The van der Waals surface area contributed by atoms with Crippen LogP contribution in [0.1, 0.15) is 41.5 Å².